The van der Waals surface area contributed by atoms with Crippen LogP contribution in [0.2, 0.25) is 0 Å². The molecule has 1 fully saturated rings. The van der Waals surface area contributed by atoms with E-state index in [1.807, 2.05) is 0 Å². The van der Waals surface area contributed by atoms with Crippen molar-refractivity contribution in [2.24, 2.45) is 5.92 Å². The SMILES string of the molecule is CC1CCCN(S(=O)(=O)c2ccc(NCC(O)CCl)cc2)C1. The first-order valence-electron chi connectivity index (χ1n) is 7.51. The number of benzene rings is 1. The van der Waals surface area contributed by atoms with Gasteiger partial charge < -0.3 is 10.4 Å². The Morgan fingerprint density at radius 1 is 1.41 bits per heavy atom. The number of aliphatic hydroxyl groups is 1. The average Bonchev–Trinajstić information content (AvgIpc) is 2.53. The number of nitrogens with one attached hydrogen (secondary N) is 1. The van der Waals surface area contributed by atoms with Gasteiger partial charge in [-0.15, -0.1) is 11.6 Å². The van der Waals surface area contributed by atoms with Gasteiger partial charge in [-0.05, 0) is 43.0 Å². The van der Waals surface area contributed by atoms with E-state index in [0.29, 0.717) is 30.4 Å². The number of alkyl halides is 1. The van der Waals surface area contributed by atoms with Crippen molar-refractivity contribution in [3.8, 4) is 0 Å². The van der Waals surface area contributed by atoms with Crippen LogP contribution in [0, 0.1) is 5.92 Å². The highest BCUT2D eigenvalue weighted by atomic mass is 35.5. The Morgan fingerprint density at radius 2 is 2.09 bits per heavy atom. The van der Waals surface area contributed by atoms with Crippen LogP contribution < -0.4 is 5.32 Å². The Bertz CT molecular complexity index is 577. The van der Waals surface area contributed by atoms with Crippen LogP contribution >= 0.6 is 11.6 Å². The molecule has 1 saturated heterocycles. The van der Waals surface area contributed by atoms with Crippen molar-refractivity contribution in [1.29, 1.82) is 0 Å². The second-order valence-corrected chi connectivity index (χ2v) is 8.07. The van der Waals surface area contributed by atoms with Crippen molar-refractivity contribution >= 4 is 27.3 Å². The van der Waals surface area contributed by atoms with Gasteiger partial charge in [0.05, 0.1) is 16.9 Å². The molecule has 1 aliphatic rings. The van der Waals surface area contributed by atoms with Crippen LogP contribution in [0.1, 0.15) is 19.8 Å². The van der Waals surface area contributed by atoms with Gasteiger partial charge in [-0.25, -0.2) is 8.42 Å². The van der Waals surface area contributed by atoms with Crippen molar-refractivity contribution in [1.82, 2.24) is 4.31 Å². The highest BCUT2D eigenvalue weighted by Crippen LogP contribution is 2.24. The van der Waals surface area contributed by atoms with E-state index < -0.39 is 16.1 Å². The molecule has 1 aromatic carbocycles. The normalized spacial score (nSPS) is 21.5. The quantitative estimate of drug-likeness (QED) is 0.774. The zero-order valence-corrected chi connectivity index (χ0v) is 14.3. The standard InChI is InChI=1S/C15H23ClN2O3S/c1-12-3-2-8-18(11-12)22(20,21)15-6-4-13(5-7-15)17-10-14(19)9-16/h4-7,12,14,17,19H,2-3,8-11H2,1H3. The third-order valence-electron chi connectivity index (χ3n) is 3.83. The van der Waals surface area contributed by atoms with Crippen LogP contribution in [0.25, 0.3) is 0 Å². The van der Waals surface area contributed by atoms with Crippen LogP contribution in [-0.2, 0) is 10.0 Å². The predicted molar refractivity (Wildman–Crippen MR) is 88.8 cm³/mol. The van der Waals surface area contributed by atoms with Crippen molar-refractivity contribution < 1.29 is 13.5 Å². The fraction of sp³-hybridized carbons (Fsp3) is 0.600. The van der Waals surface area contributed by atoms with Crippen LogP contribution in [0.5, 0.6) is 0 Å². The predicted octanol–water partition coefficient (Wildman–Crippen LogP) is 2.12. The number of anilines is 1. The lowest BCUT2D eigenvalue weighted by Crippen LogP contribution is -2.39. The minimum Gasteiger partial charge on any atom is -0.390 e. The summed E-state index contributed by atoms with van der Waals surface area (Å²) in [6.45, 7) is 3.59. The Balaban J connectivity index is 2.05. The van der Waals surface area contributed by atoms with Crippen molar-refractivity contribution in [3.05, 3.63) is 24.3 Å². The summed E-state index contributed by atoms with van der Waals surface area (Å²) < 4.78 is 26.8. The third-order valence-corrected chi connectivity index (χ3v) is 6.07. The maximum absolute atomic E-state index is 12.6. The number of hydrogen-bond acceptors (Lipinski definition) is 4. The van der Waals surface area contributed by atoms with E-state index in [1.165, 1.54) is 0 Å². The number of nitrogens with zero attached hydrogens (tertiary/aromatic N) is 1. The first-order valence-corrected chi connectivity index (χ1v) is 9.49. The van der Waals surface area contributed by atoms with E-state index in [2.05, 4.69) is 12.2 Å². The summed E-state index contributed by atoms with van der Waals surface area (Å²) in [7, 11) is -3.41. The molecular weight excluding hydrogens is 324 g/mol. The fourth-order valence-corrected chi connectivity index (χ4v) is 4.26. The number of hydrogen-bond donors (Lipinski definition) is 2. The lowest BCUT2D eigenvalue weighted by molar-refractivity contribution is 0.211. The molecule has 2 rings (SSSR count). The molecular formula is C15H23ClN2O3S. The van der Waals surface area contributed by atoms with Crippen LogP contribution in [-0.4, -0.2) is 49.4 Å². The molecule has 5 nitrogen and oxygen atoms in total. The molecule has 0 radical (unpaired) electrons. The van der Waals surface area contributed by atoms with Crippen LogP contribution in [0.3, 0.4) is 0 Å². The zero-order chi connectivity index (χ0) is 16.2. The van der Waals surface area contributed by atoms with Crippen molar-refractivity contribution in [2.45, 2.75) is 30.8 Å². The molecule has 7 heteroatoms. The van der Waals surface area contributed by atoms with Crippen LogP contribution in [0.15, 0.2) is 29.2 Å². The molecule has 22 heavy (non-hydrogen) atoms. The summed E-state index contributed by atoms with van der Waals surface area (Å²) in [5.41, 5.74) is 0.759. The zero-order valence-electron chi connectivity index (χ0n) is 12.7. The van der Waals surface area contributed by atoms with Crippen molar-refractivity contribution in [2.75, 3.05) is 30.8 Å². The van der Waals surface area contributed by atoms with Gasteiger partial charge in [0.1, 0.15) is 0 Å². The smallest absolute Gasteiger partial charge is 0.243 e. The number of aliphatic hydroxyl groups excluding tert-OH is 1. The maximum Gasteiger partial charge on any atom is 0.243 e. The van der Waals surface area contributed by atoms with Gasteiger partial charge in [-0.2, -0.15) is 4.31 Å². The summed E-state index contributed by atoms with van der Waals surface area (Å²) in [5, 5.41) is 12.4. The minimum atomic E-state index is -3.41. The van der Waals surface area contributed by atoms with E-state index in [4.69, 9.17) is 11.6 Å². The molecule has 0 saturated carbocycles. The Hall–Kier alpha value is -0.820. The average molecular weight is 347 g/mol. The van der Waals surface area contributed by atoms with Gasteiger partial charge in [0, 0.05) is 25.3 Å². The molecule has 0 amide bonds. The van der Waals surface area contributed by atoms with E-state index in [1.54, 1.807) is 28.6 Å². The molecule has 0 aromatic heterocycles. The summed E-state index contributed by atoms with van der Waals surface area (Å²) in [4.78, 5) is 0.310. The Kier molecular flexibility index (Phi) is 6.09. The molecule has 1 heterocycles. The molecule has 124 valence electrons. The lowest BCUT2D eigenvalue weighted by atomic mass is 10.0. The van der Waals surface area contributed by atoms with E-state index in [9.17, 15) is 13.5 Å². The second-order valence-electron chi connectivity index (χ2n) is 5.82. The molecule has 0 bridgehead atoms. The minimum absolute atomic E-state index is 0.159. The van der Waals surface area contributed by atoms with E-state index in [0.717, 1.165) is 18.5 Å². The lowest BCUT2D eigenvalue weighted by Gasteiger charge is -2.30. The summed E-state index contributed by atoms with van der Waals surface area (Å²) >= 11 is 5.53. The molecule has 0 aliphatic carbocycles. The first kappa shape index (κ1) is 17.5. The van der Waals surface area contributed by atoms with Gasteiger partial charge in [0.25, 0.3) is 0 Å². The third kappa shape index (κ3) is 4.35. The number of piperidine rings is 1. The topological polar surface area (TPSA) is 69.6 Å². The highest BCUT2D eigenvalue weighted by molar-refractivity contribution is 7.89. The number of rotatable bonds is 6. The Morgan fingerprint density at radius 3 is 2.68 bits per heavy atom. The number of halogens is 1. The second kappa shape index (κ2) is 7.64. The highest BCUT2D eigenvalue weighted by Gasteiger charge is 2.28. The molecule has 2 atom stereocenters. The summed E-state index contributed by atoms with van der Waals surface area (Å²) in [5.74, 6) is 0.564. The molecule has 2 N–H and O–H groups in total. The van der Waals surface area contributed by atoms with Crippen molar-refractivity contribution in [3.63, 3.8) is 0 Å². The van der Waals surface area contributed by atoms with Gasteiger partial charge in [-0.1, -0.05) is 6.92 Å². The van der Waals surface area contributed by atoms with Gasteiger partial charge in [0.15, 0.2) is 0 Å². The van der Waals surface area contributed by atoms with Gasteiger partial charge >= 0.3 is 0 Å². The van der Waals surface area contributed by atoms with E-state index in [-0.39, 0.29) is 5.88 Å². The Labute approximate surface area is 137 Å². The van der Waals surface area contributed by atoms with Crippen LogP contribution in [0.4, 0.5) is 5.69 Å². The number of sulfonamides is 1. The van der Waals surface area contributed by atoms with Gasteiger partial charge in [0.2, 0.25) is 10.0 Å². The maximum atomic E-state index is 12.6. The molecule has 1 aliphatic heterocycles. The first-order chi connectivity index (χ1) is 10.4. The van der Waals surface area contributed by atoms with Gasteiger partial charge in [-0.3, -0.25) is 0 Å². The van der Waals surface area contributed by atoms with E-state index >= 15 is 0 Å². The summed E-state index contributed by atoms with van der Waals surface area (Å²) in [6.07, 6.45) is 1.37. The summed E-state index contributed by atoms with van der Waals surface area (Å²) in [6, 6.07) is 6.62. The largest absolute Gasteiger partial charge is 0.390 e. The fourth-order valence-electron chi connectivity index (χ4n) is 2.55. The monoisotopic (exact) mass is 346 g/mol. The molecule has 2 unspecified atom stereocenters. The molecule has 1 aromatic rings. The molecule has 0 spiro atoms.